The van der Waals surface area contributed by atoms with Gasteiger partial charge in [0, 0.05) is 18.4 Å². The average Bonchev–Trinajstić information content (AvgIpc) is 2.61. The molecule has 4 heteroatoms. The van der Waals surface area contributed by atoms with Crippen LogP contribution in [0.4, 0.5) is 0 Å². The average molecular weight is 249 g/mol. The second-order valence-corrected chi connectivity index (χ2v) is 4.70. The summed E-state index contributed by atoms with van der Waals surface area (Å²) >= 11 is 0. The number of fused-ring (bicyclic) bond motifs is 1. The van der Waals surface area contributed by atoms with Crippen molar-refractivity contribution in [2.24, 2.45) is 5.73 Å². The first-order valence-electron chi connectivity index (χ1n) is 6.34. The van der Waals surface area contributed by atoms with Crippen LogP contribution in [0.25, 0.3) is 0 Å². The fraction of sp³-hybridized carbons (Fsp3) is 0.500. The molecule has 1 aliphatic carbocycles. The molecule has 0 fully saturated rings. The lowest BCUT2D eigenvalue weighted by atomic mass is 9.93. The van der Waals surface area contributed by atoms with Crippen molar-refractivity contribution in [2.45, 2.75) is 38.1 Å². The third-order valence-electron chi connectivity index (χ3n) is 3.46. The Morgan fingerprint density at radius 1 is 1.56 bits per heavy atom. The predicted molar refractivity (Wildman–Crippen MR) is 68.4 cm³/mol. The molecule has 1 aromatic rings. The molecule has 98 valence electrons. The van der Waals surface area contributed by atoms with E-state index in [4.69, 9.17) is 10.5 Å². The Morgan fingerprint density at radius 3 is 3.06 bits per heavy atom. The highest BCUT2D eigenvalue weighted by molar-refractivity contribution is 5.69. The second kappa shape index (κ2) is 5.40. The molecule has 1 aromatic carbocycles. The Morgan fingerprint density at radius 2 is 2.33 bits per heavy atom. The van der Waals surface area contributed by atoms with Gasteiger partial charge in [-0.3, -0.25) is 4.79 Å². The highest BCUT2D eigenvalue weighted by Gasteiger charge is 2.30. The van der Waals surface area contributed by atoms with Gasteiger partial charge in [-0.1, -0.05) is 6.07 Å². The third-order valence-corrected chi connectivity index (χ3v) is 3.46. The highest BCUT2D eigenvalue weighted by atomic mass is 16.5. The van der Waals surface area contributed by atoms with E-state index in [9.17, 15) is 9.90 Å². The van der Waals surface area contributed by atoms with Crippen molar-refractivity contribution in [3.63, 3.8) is 0 Å². The maximum absolute atomic E-state index is 11.4. The van der Waals surface area contributed by atoms with Crippen LogP contribution in [0.5, 0.6) is 5.75 Å². The first-order valence-corrected chi connectivity index (χ1v) is 6.34. The number of phenolic OH excluding ortho intramolecular Hbond substituents is 1. The number of benzene rings is 1. The van der Waals surface area contributed by atoms with Gasteiger partial charge >= 0.3 is 5.97 Å². The van der Waals surface area contributed by atoms with E-state index in [0.29, 0.717) is 19.4 Å². The first kappa shape index (κ1) is 12.9. The minimum Gasteiger partial charge on any atom is -0.508 e. The quantitative estimate of drug-likeness (QED) is 0.797. The van der Waals surface area contributed by atoms with E-state index in [0.717, 1.165) is 17.5 Å². The van der Waals surface area contributed by atoms with Gasteiger partial charge in [0.05, 0.1) is 6.61 Å². The van der Waals surface area contributed by atoms with E-state index >= 15 is 0 Å². The van der Waals surface area contributed by atoms with Gasteiger partial charge in [0.25, 0.3) is 0 Å². The molecule has 2 atom stereocenters. The smallest absolute Gasteiger partial charge is 0.305 e. The van der Waals surface area contributed by atoms with Gasteiger partial charge in [-0.25, -0.2) is 0 Å². The van der Waals surface area contributed by atoms with Gasteiger partial charge in [-0.2, -0.15) is 0 Å². The van der Waals surface area contributed by atoms with Crippen LogP contribution in [0.1, 0.15) is 36.8 Å². The molecule has 0 spiro atoms. The standard InChI is InChI=1S/C14H19NO3/c1-2-18-14(17)6-5-12-11-4-3-10(16)7-9(11)8-13(12)15/h3-4,7,12-13,16H,2,5-6,8,15H2,1H3. The van der Waals surface area contributed by atoms with Crippen molar-refractivity contribution < 1.29 is 14.6 Å². The van der Waals surface area contributed by atoms with Crippen LogP contribution in [0.15, 0.2) is 18.2 Å². The zero-order valence-corrected chi connectivity index (χ0v) is 10.6. The first-order chi connectivity index (χ1) is 8.61. The molecule has 2 rings (SSSR count). The zero-order valence-electron chi connectivity index (χ0n) is 10.6. The zero-order chi connectivity index (χ0) is 13.1. The van der Waals surface area contributed by atoms with Gasteiger partial charge < -0.3 is 15.6 Å². The van der Waals surface area contributed by atoms with Crippen LogP contribution in [0, 0.1) is 0 Å². The summed E-state index contributed by atoms with van der Waals surface area (Å²) in [5, 5.41) is 9.44. The molecular weight excluding hydrogens is 230 g/mol. The SMILES string of the molecule is CCOC(=O)CCC1c2ccc(O)cc2CC1N. The molecule has 4 nitrogen and oxygen atoms in total. The lowest BCUT2D eigenvalue weighted by Gasteiger charge is -2.16. The van der Waals surface area contributed by atoms with Crippen molar-refractivity contribution in [1.82, 2.24) is 0 Å². The monoisotopic (exact) mass is 249 g/mol. The maximum atomic E-state index is 11.4. The molecule has 0 heterocycles. The van der Waals surface area contributed by atoms with Gasteiger partial charge in [0.15, 0.2) is 0 Å². The van der Waals surface area contributed by atoms with E-state index < -0.39 is 0 Å². The van der Waals surface area contributed by atoms with Crippen LogP contribution < -0.4 is 5.73 Å². The van der Waals surface area contributed by atoms with Crippen molar-refractivity contribution >= 4 is 5.97 Å². The van der Waals surface area contributed by atoms with Crippen LogP contribution in [0.2, 0.25) is 0 Å². The molecule has 0 aliphatic heterocycles. The van der Waals surface area contributed by atoms with Crippen LogP contribution >= 0.6 is 0 Å². The number of rotatable bonds is 4. The molecular formula is C14H19NO3. The lowest BCUT2D eigenvalue weighted by molar-refractivity contribution is -0.143. The van der Waals surface area contributed by atoms with Gasteiger partial charge in [0.2, 0.25) is 0 Å². The number of nitrogens with two attached hydrogens (primary N) is 1. The number of ether oxygens (including phenoxy) is 1. The molecule has 18 heavy (non-hydrogen) atoms. The second-order valence-electron chi connectivity index (χ2n) is 4.70. The van der Waals surface area contributed by atoms with Crippen molar-refractivity contribution in [3.8, 4) is 5.75 Å². The fourth-order valence-electron chi connectivity index (χ4n) is 2.63. The fourth-order valence-corrected chi connectivity index (χ4v) is 2.63. The summed E-state index contributed by atoms with van der Waals surface area (Å²) in [6, 6.07) is 5.37. The molecule has 0 bridgehead atoms. The topological polar surface area (TPSA) is 72.5 Å². The van der Waals surface area contributed by atoms with E-state index in [2.05, 4.69) is 0 Å². The van der Waals surface area contributed by atoms with E-state index in [1.165, 1.54) is 0 Å². The van der Waals surface area contributed by atoms with E-state index in [-0.39, 0.29) is 23.7 Å². The third kappa shape index (κ3) is 2.64. The molecule has 0 saturated heterocycles. The van der Waals surface area contributed by atoms with Crippen molar-refractivity contribution in [2.75, 3.05) is 6.61 Å². The van der Waals surface area contributed by atoms with Gasteiger partial charge in [-0.05, 0) is 43.0 Å². The Labute approximate surface area is 107 Å². The minimum atomic E-state index is -0.170. The minimum absolute atomic E-state index is 0.0243. The molecule has 0 amide bonds. The predicted octanol–water partition coefficient (Wildman–Crippen LogP) is 1.70. The largest absolute Gasteiger partial charge is 0.508 e. The van der Waals surface area contributed by atoms with E-state index in [1.54, 1.807) is 19.1 Å². The van der Waals surface area contributed by atoms with Crippen LogP contribution in [0.3, 0.4) is 0 Å². The van der Waals surface area contributed by atoms with Gasteiger partial charge in [0.1, 0.15) is 5.75 Å². The molecule has 3 N–H and O–H groups in total. The molecule has 1 aliphatic rings. The lowest BCUT2D eigenvalue weighted by Crippen LogP contribution is -2.25. The van der Waals surface area contributed by atoms with Crippen molar-refractivity contribution in [3.05, 3.63) is 29.3 Å². The van der Waals surface area contributed by atoms with Crippen LogP contribution in [-0.2, 0) is 16.0 Å². The summed E-state index contributed by atoms with van der Waals surface area (Å²) in [6.45, 7) is 2.22. The highest BCUT2D eigenvalue weighted by Crippen LogP contribution is 2.37. The number of hydrogen-bond acceptors (Lipinski definition) is 4. The van der Waals surface area contributed by atoms with Crippen LogP contribution in [-0.4, -0.2) is 23.7 Å². The van der Waals surface area contributed by atoms with Crippen molar-refractivity contribution in [1.29, 1.82) is 0 Å². The molecule has 0 radical (unpaired) electrons. The molecule has 2 unspecified atom stereocenters. The Bertz CT molecular complexity index is 445. The summed E-state index contributed by atoms with van der Waals surface area (Å²) < 4.78 is 4.92. The Kier molecular flexibility index (Phi) is 3.87. The summed E-state index contributed by atoms with van der Waals surface area (Å²) in [5.74, 6) is 0.286. The normalized spacial score (nSPS) is 21.7. The molecule has 0 saturated carbocycles. The summed E-state index contributed by atoms with van der Waals surface area (Å²) in [5.41, 5.74) is 8.36. The van der Waals surface area contributed by atoms with Gasteiger partial charge in [-0.15, -0.1) is 0 Å². The number of carbonyl (C=O) groups excluding carboxylic acids is 1. The number of esters is 1. The summed E-state index contributed by atoms with van der Waals surface area (Å²) in [4.78, 5) is 11.4. The number of carbonyl (C=O) groups is 1. The summed E-state index contributed by atoms with van der Waals surface area (Å²) in [6.07, 6.45) is 1.86. The Balaban J connectivity index is 2.04. The molecule has 0 aromatic heterocycles. The Hall–Kier alpha value is -1.55. The number of aromatic hydroxyl groups is 1. The van der Waals surface area contributed by atoms with E-state index in [1.807, 2.05) is 6.07 Å². The maximum Gasteiger partial charge on any atom is 0.305 e. The number of phenols is 1. The summed E-state index contributed by atoms with van der Waals surface area (Å²) in [7, 11) is 0. The number of hydrogen-bond donors (Lipinski definition) is 2.